The van der Waals surface area contributed by atoms with Gasteiger partial charge in [0.15, 0.2) is 0 Å². The summed E-state index contributed by atoms with van der Waals surface area (Å²) in [5.41, 5.74) is 0.508. The molecule has 3 nitrogen and oxygen atoms in total. The monoisotopic (exact) mass is 200 g/mol. The molecule has 0 aliphatic rings. The van der Waals surface area contributed by atoms with Crippen molar-refractivity contribution in [2.24, 2.45) is 0 Å². The fourth-order valence-electron chi connectivity index (χ4n) is 1.21. The molecule has 0 spiro atoms. The van der Waals surface area contributed by atoms with E-state index in [4.69, 9.17) is 15.3 Å². The fraction of sp³-hybridized carbons (Fsp3) is 0.333. The molecule has 0 aliphatic heterocycles. The van der Waals surface area contributed by atoms with Crippen LogP contribution in [0.15, 0.2) is 24.3 Å². The van der Waals surface area contributed by atoms with Crippen molar-refractivity contribution in [3.05, 3.63) is 29.8 Å². The van der Waals surface area contributed by atoms with E-state index in [9.17, 15) is 0 Å². The van der Waals surface area contributed by atoms with Gasteiger partial charge in [-0.25, -0.2) is 0 Å². The molecule has 0 aromatic heterocycles. The Balaban J connectivity index is 2.80. The summed E-state index contributed by atoms with van der Waals surface area (Å²) in [7, 11) is 0. The van der Waals surface area contributed by atoms with Gasteiger partial charge in [0.25, 0.3) is 0 Å². The Morgan fingerprint density at radius 2 is 2.07 bits per heavy atom. The van der Waals surface area contributed by atoms with Crippen LogP contribution in [0.5, 0.6) is 5.75 Å². The van der Waals surface area contributed by atoms with E-state index >= 15 is 0 Å². The summed E-state index contributed by atoms with van der Waals surface area (Å²) >= 11 is 0. The Bertz CT molecular complexity index is 401. The first-order chi connectivity index (χ1) is 7.31. The third-order valence-electron chi connectivity index (χ3n) is 2.08. The standard InChI is InChI=1S/C12H12N2O/c1-2-11(7-8-13)15-12-6-4-3-5-10(12)9-14/h3-6,11H,2,7H2,1H3. The molecule has 0 bridgehead atoms. The smallest absolute Gasteiger partial charge is 0.137 e. The molecule has 0 saturated carbocycles. The highest BCUT2D eigenvalue weighted by Crippen LogP contribution is 2.19. The highest BCUT2D eigenvalue weighted by molar-refractivity contribution is 5.42. The van der Waals surface area contributed by atoms with Crippen LogP contribution < -0.4 is 4.74 Å². The third kappa shape index (κ3) is 3.00. The van der Waals surface area contributed by atoms with Crippen LogP contribution in [0.3, 0.4) is 0 Å². The zero-order chi connectivity index (χ0) is 11.1. The van der Waals surface area contributed by atoms with E-state index < -0.39 is 0 Å². The summed E-state index contributed by atoms with van der Waals surface area (Å²) in [5.74, 6) is 0.558. The maximum Gasteiger partial charge on any atom is 0.137 e. The molecule has 0 amide bonds. The van der Waals surface area contributed by atoms with Gasteiger partial charge in [-0.2, -0.15) is 10.5 Å². The number of para-hydroxylation sites is 1. The van der Waals surface area contributed by atoms with Crippen LogP contribution in [0, 0.1) is 22.7 Å². The first kappa shape index (κ1) is 11.1. The van der Waals surface area contributed by atoms with Crippen molar-refractivity contribution in [3.8, 4) is 17.9 Å². The number of rotatable bonds is 4. The van der Waals surface area contributed by atoms with Crippen LogP contribution in [0.25, 0.3) is 0 Å². The minimum absolute atomic E-state index is 0.135. The van der Waals surface area contributed by atoms with Crippen LogP contribution in [0.4, 0.5) is 0 Å². The lowest BCUT2D eigenvalue weighted by molar-refractivity contribution is 0.201. The molecular formula is C12H12N2O. The van der Waals surface area contributed by atoms with E-state index in [2.05, 4.69) is 12.1 Å². The second-order valence-electron chi connectivity index (χ2n) is 3.12. The topological polar surface area (TPSA) is 56.8 Å². The van der Waals surface area contributed by atoms with Crippen molar-refractivity contribution in [1.82, 2.24) is 0 Å². The summed E-state index contributed by atoms with van der Waals surface area (Å²) in [4.78, 5) is 0. The lowest BCUT2D eigenvalue weighted by atomic mass is 10.2. The Kier molecular flexibility index (Phi) is 4.19. The van der Waals surface area contributed by atoms with Gasteiger partial charge in [0.05, 0.1) is 18.1 Å². The van der Waals surface area contributed by atoms with E-state index in [0.29, 0.717) is 17.7 Å². The van der Waals surface area contributed by atoms with Gasteiger partial charge < -0.3 is 4.74 Å². The molecular weight excluding hydrogens is 188 g/mol. The van der Waals surface area contributed by atoms with Gasteiger partial charge in [-0.3, -0.25) is 0 Å². The predicted molar refractivity (Wildman–Crippen MR) is 56.1 cm³/mol. The van der Waals surface area contributed by atoms with Gasteiger partial charge in [-0.05, 0) is 18.6 Å². The highest BCUT2D eigenvalue weighted by Gasteiger charge is 2.09. The van der Waals surface area contributed by atoms with Gasteiger partial charge in [0, 0.05) is 0 Å². The summed E-state index contributed by atoms with van der Waals surface area (Å²) in [6, 6.07) is 11.2. The Labute approximate surface area is 89.5 Å². The lowest BCUT2D eigenvalue weighted by Gasteiger charge is -2.15. The van der Waals surface area contributed by atoms with Gasteiger partial charge in [0.2, 0.25) is 0 Å². The third-order valence-corrected chi connectivity index (χ3v) is 2.08. The van der Waals surface area contributed by atoms with Gasteiger partial charge in [-0.1, -0.05) is 19.1 Å². The molecule has 1 unspecified atom stereocenters. The largest absolute Gasteiger partial charge is 0.488 e. The number of hydrogen-bond donors (Lipinski definition) is 0. The quantitative estimate of drug-likeness (QED) is 0.750. The fourth-order valence-corrected chi connectivity index (χ4v) is 1.21. The SMILES string of the molecule is CCC(CC#N)Oc1ccccc1C#N. The summed E-state index contributed by atoms with van der Waals surface area (Å²) in [6.07, 6.45) is 0.966. The molecule has 0 saturated heterocycles. The van der Waals surface area contributed by atoms with E-state index in [1.807, 2.05) is 13.0 Å². The van der Waals surface area contributed by atoms with Crippen molar-refractivity contribution in [2.45, 2.75) is 25.9 Å². The van der Waals surface area contributed by atoms with E-state index in [0.717, 1.165) is 6.42 Å². The molecule has 76 valence electrons. The summed E-state index contributed by atoms with van der Waals surface area (Å²) in [5, 5.41) is 17.4. The molecule has 0 aliphatic carbocycles. The molecule has 3 heteroatoms. The van der Waals surface area contributed by atoms with Crippen molar-refractivity contribution in [3.63, 3.8) is 0 Å². The average Bonchev–Trinajstić information content (AvgIpc) is 2.29. The van der Waals surface area contributed by atoms with Crippen molar-refractivity contribution < 1.29 is 4.74 Å². The number of benzene rings is 1. The number of nitriles is 2. The lowest BCUT2D eigenvalue weighted by Crippen LogP contribution is -2.14. The van der Waals surface area contributed by atoms with Gasteiger partial charge >= 0.3 is 0 Å². The molecule has 1 aromatic carbocycles. The van der Waals surface area contributed by atoms with Crippen LogP contribution in [-0.2, 0) is 0 Å². The Hall–Kier alpha value is -2.00. The first-order valence-electron chi connectivity index (χ1n) is 4.84. The number of hydrogen-bond acceptors (Lipinski definition) is 3. The van der Waals surface area contributed by atoms with Crippen molar-refractivity contribution in [2.75, 3.05) is 0 Å². The van der Waals surface area contributed by atoms with E-state index in [-0.39, 0.29) is 6.10 Å². The normalized spacial score (nSPS) is 11.1. The zero-order valence-electron chi connectivity index (χ0n) is 8.60. The van der Waals surface area contributed by atoms with Crippen LogP contribution in [-0.4, -0.2) is 6.10 Å². The van der Waals surface area contributed by atoms with Gasteiger partial charge in [-0.15, -0.1) is 0 Å². The molecule has 0 radical (unpaired) electrons. The summed E-state index contributed by atoms with van der Waals surface area (Å²) < 4.78 is 5.58. The first-order valence-corrected chi connectivity index (χ1v) is 4.84. The maximum atomic E-state index is 8.84. The Morgan fingerprint density at radius 1 is 1.33 bits per heavy atom. The molecule has 1 rings (SSSR count). The Morgan fingerprint density at radius 3 is 2.67 bits per heavy atom. The predicted octanol–water partition coefficient (Wildman–Crippen LogP) is 2.63. The second kappa shape index (κ2) is 5.67. The van der Waals surface area contributed by atoms with E-state index in [1.165, 1.54) is 0 Å². The van der Waals surface area contributed by atoms with Crippen molar-refractivity contribution >= 4 is 0 Å². The molecule has 15 heavy (non-hydrogen) atoms. The average molecular weight is 200 g/mol. The van der Waals surface area contributed by atoms with Crippen LogP contribution in [0.2, 0.25) is 0 Å². The molecule has 0 fully saturated rings. The molecule has 1 atom stereocenters. The zero-order valence-corrected chi connectivity index (χ0v) is 8.60. The minimum atomic E-state index is -0.135. The second-order valence-corrected chi connectivity index (χ2v) is 3.12. The highest BCUT2D eigenvalue weighted by atomic mass is 16.5. The van der Waals surface area contributed by atoms with Crippen LogP contribution >= 0.6 is 0 Å². The minimum Gasteiger partial charge on any atom is -0.488 e. The molecule has 1 aromatic rings. The number of ether oxygens (including phenoxy) is 1. The molecule has 0 N–H and O–H groups in total. The maximum absolute atomic E-state index is 8.84. The molecule has 0 heterocycles. The van der Waals surface area contributed by atoms with Gasteiger partial charge in [0.1, 0.15) is 17.9 Å². The van der Waals surface area contributed by atoms with E-state index in [1.54, 1.807) is 18.2 Å². The van der Waals surface area contributed by atoms with Crippen LogP contribution in [0.1, 0.15) is 25.3 Å². The number of nitrogens with zero attached hydrogens (tertiary/aromatic N) is 2. The van der Waals surface area contributed by atoms with Crippen molar-refractivity contribution in [1.29, 1.82) is 10.5 Å². The summed E-state index contributed by atoms with van der Waals surface area (Å²) in [6.45, 7) is 1.96.